The van der Waals surface area contributed by atoms with Crippen molar-refractivity contribution in [2.45, 2.75) is 0 Å². The molecule has 0 aliphatic rings. The number of para-hydroxylation sites is 2. The minimum absolute atomic E-state index is 0.648. The molecule has 238 valence electrons. The largest absolute Gasteiger partial charge is 0.455 e. The normalized spacial score (nSPS) is 11.9. The average Bonchev–Trinajstić information content (AvgIpc) is 3.88. The molecule has 7 aromatic carbocycles. The van der Waals surface area contributed by atoms with Crippen molar-refractivity contribution >= 4 is 75.3 Å². The molecule has 11 aromatic rings. The molecule has 4 heterocycles. The molecule has 0 N–H and O–H groups in total. The molecule has 5 nitrogen and oxygen atoms in total. The third kappa shape index (κ3) is 4.24. The van der Waals surface area contributed by atoms with Gasteiger partial charge in [-0.3, -0.25) is 0 Å². The van der Waals surface area contributed by atoms with Gasteiger partial charge < -0.3 is 8.98 Å². The molecule has 0 spiro atoms. The summed E-state index contributed by atoms with van der Waals surface area (Å²) < 4.78 is 11.4. The number of benzene rings is 7. The summed E-state index contributed by atoms with van der Waals surface area (Å²) in [6.45, 7) is 0. The predicted molar refractivity (Wildman–Crippen MR) is 211 cm³/mol. The Balaban J connectivity index is 1.23. The van der Waals surface area contributed by atoms with E-state index in [0.29, 0.717) is 17.5 Å². The molecule has 0 radical (unpaired) electrons. The topological polar surface area (TPSA) is 56.7 Å². The van der Waals surface area contributed by atoms with Crippen LogP contribution in [0.15, 0.2) is 162 Å². The Bertz CT molecular complexity index is 3080. The smallest absolute Gasteiger partial charge is 0.165 e. The maximum absolute atomic E-state index is 6.60. The lowest BCUT2D eigenvalue weighted by molar-refractivity contribution is 0.673. The highest BCUT2D eigenvalue weighted by Gasteiger charge is 2.23. The highest BCUT2D eigenvalue weighted by molar-refractivity contribution is 7.26. The van der Waals surface area contributed by atoms with Gasteiger partial charge in [-0.2, -0.15) is 0 Å². The summed E-state index contributed by atoms with van der Waals surface area (Å²) in [6, 6.07) is 54.8. The number of thiophene rings is 1. The van der Waals surface area contributed by atoms with E-state index in [4.69, 9.17) is 19.4 Å². The number of aromatic nitrogens is 4. The van der Waals surface area contributed by atoms with E-state index < -0.39 is 0 Å². The number of furan rings is 1. The van der Waals surface area contributed by atoms with E-state index in [0.717, 1.165) is 70.8 Å². The van der Waals surface area contributed by atoms with Gasteiger partial charge in [0.2, 0.25) is 0 Å². The second-order valence-electron chi connectivity index (χ2n) is 12.8. The van der Waals surface area contributed by atoms with Gasteiger partial charge in [-0.1, -0.05) is 115 Å². The summed E-state index contributed by atoms with van der Waals surface area (Å²) in [5.74, 6) is 1.95. The van der Waals surface area contributed by atoms with Crippen molar-refractivity contribution in [1.29, 1.82) is 0 Å². The molecule has 6 heteroatoms. The molecule has 0 saturated carbocycles. The van der Waals surface area contributed by atoms with Crippen LogP contribution in [0.2, 0.25) is 0 Å². The van der Waals surface area contributed by atoms with Crippen LogP contribution in [0.25, 0.3) is 104 Å². The van der Waals surface area contributed by atoms with Gasteiger partial charge >= 0.3 is 0 Å². The summed E-state index contributed by atoms with van der Waals surface area (Å²) in [4.78, 5) is 15.2. The van der Waals surface area contributed by atoms with Crippen molar-refractivity contribution in [2.75, 3.05) is 0 Å². The second kappa shape index (κ2) is 10.9. The Hall–Kier alpha value is -6.63. The number of hydrogen-bond acceptors (Lipinski definition) is 5. The molecule has 51 heavy (non-hydrogen) atoms. The number of rotatable bonds is 4. The van der Waals surface area contributed by atoms with Crippen LogP contribution in [-0.4, -0.2) is 19.5 Å². The lowest BCUT2D eigenvalue weighted by Gasteiger charge is -2.13. The Morgan fingerprint density at radius 1 is 0.451 bits per heavy atom. The lowest BCUT2D eigenvalue weighted by Crippen LogP contribution is -2.01. The Kier molecular flexibility index (Phi) is 6.05. The minimum Gasteiger partial charge on any atom is -0.455 e. The molecule has 0 atom stereocenters. The zero-order chi connectivity index (χ0) is 33.5. The first kappa shape index (κ1) is 28.2. The molecule has 0 amide bonds. The van der Waals surface area contributed by atoms with Crippen molar-refractivity contribution in [3.05, 3.63) is 158 Å². The van der Waals surface area contributed by atoms with Crippen LogP contribution in [0.4, 0.5) is 0 Å². The molecule has 4 aromatic heterocycles. The summed E-state index contributed by atoms with van der Waals surface area (Å²) in [5, 5.41) is 6.90. The number of nitrogens with zero attached hydrogens (tertiary/aromatic N) is 4. The second-order valence-corrected chi connectivity index (χ2v) is 13.8. The van der Waals surface area contributed by atoms with E-state index in [-0.39, 0.29) is 0 Å². The molecule has 0 aliphatic carbocycles. The molecular formula is C45H26N4OS. The molecule has 11 rings (SSSR count). The van der Waals surface area contributed by atoms with E-state index in [9.17, 15) is 0 Å². The maximum Gasteiger partial charge on any atom is 0.165 e. The molecule has 0 aliphatic heterocycles. The number of fused-ring (bicyclic) bond motifs is 10. The van der Waals surface area contributed by atoms with Crippen LogP contribution < -0.4 is 0 Å². The van der Waals surface area contributed by atoms with Crippen molar-refractivity contribution < 1.29 is 4.42 Å². The maximum atomic E-state index is 6.60. The Labute approximate surface area is 295 Å². The standard InChI is InChI=1S/C45H26N4OS/c1-3-13-27(14-4-1)43-46-44(28-15-5-2-6-16-28)48-45(47-43)33-24-26-36(40-32-19-9-12-22-38(32)51-42(33)40)49-34-20-10-7-18-31(34)39-35(49)25-23-30-29-17-8-11-21-37(29)50-41(30)39/h1-26H. The summed E-state index contributed by atoms with van der Waals surface area (Å²) in [5.41, 5.74) is 8.02. The Morgan fingerprint density at radius 3 is 1.84 bits per heavy atom. The fourth-order valence-corrected chi connectivity index (χ4v) is 8.83. The fourth-order valence-electron chi connectivity index (χ4n) is 7.60. The summed E-state index contributed by atoms with van der Waals surface area (Å²) >= 11 is 1.78. The van der Waals surface area contributed by atoms with E-state index >= 15 is 0 Å². The zero-order valence-electron chi connectivity index (χ0n) is 27.1. The van der Waals surface area contributed by atoms with E-state index in [2.05, 4.69) is 89.5 Å². The molecular weight excluding hydrogens is 645 g/mol. The fraction of sp³-hybridized carbons (Fsp3) is 0. The van der Waals surface area contributed by atoms with Gasteiger partial charge in [-0.25, -0.2) is 15.0 Å². The molecule has 0 bridgehead atoms. The van der Waals surface area contributed by atoms with Gasteiger partial charge in [0.25, 0.3) is 0 Å². The van der Waals surface area contributed by atoms with E-state index in [1.54, 1.807) is 11.3 Å². The van der Waals surface area contributed by atoms with Crippen molar-refractivity contribution in [3.8, 4) is 39.9 Å². The van der Waals surface area contributed by atoms with Crippen LogP contribution in [0, 0.1) is 0 Å². The van der Waals surface area contributed by atoms with Gasteiger partial charge in [-0.05, 0) is 42.5 Å². The van der Waals surface area contributed by atoms with Crippen LogP contribution in [0.5, 0.6) is 0 Å². The van der Waals surface area contributed by atoms with Crippen molar-refractivity contribution in [2.24, 2.45) is 0 Å². The first-order valence-corrected chi connectivity index (χ1v) is 17.8. The van der Waals surface area contributed by atoms with Gasteiger partial charge in [0.05, 0.1) is 22.1 Å². The van der Waals surface area contributed by atoms with Gasteiger partial charge in [0.15, 0.2) is 17.5 Å². The van der Waals surface area contributed by atoms with Gasteiger partial charge in [0.1, 0.15) is 11.2 Å². The van der Waals surface area contributed by atoms with Crippen LogP contribution >= 0.6 is 11.3 Å². The monoisotopic (exact) mass is 670 g/mol. The average molecular weight is 671 g/mol. The molecule has 0 saturated heterocycles. The number of hydrogen-bond donors (Lipinski definition) is 0. The predicted octanol–water partition coefficient (Wildman–Crippen LogP) is 12.2. The minimum atomic E-state index is 0.648. The first-order valence-electron chi connectivity index (χ1n) is 17.0. The van der Waals surface area contributed by atoms with Crippen LogP contribution in [0.3, 0.4) is 0 Å². The SMILES string of the molecule is c1ccc(-c2nc(-c3ccccc3)nc(-c3ccc(-n4c5ccccc5c5c6oc7ccccc7c6ccc54)c4c3sc3ccccc34)n2)cc1. The lowest BCUT2D eigenvalue weighted by atomic mass is 10.1. The summed E-state index contributed by atoms with van der Waals surface area (Å²) in [6.07, 6.45) is 0. The van der Waals surface area contributed by atoms with E-state index in [1.165, 1.54) is 15.5 Å². The third-order valence-electron chi connectivity index (χ3n) is 9.87. The highest BCUT2D eigenvalue weighted by Crippen LogP contribution is 2.46. The Morgan fingerprint density at radius 2 is 1.08 bits per heavy atom. The quantitative estimate of drug-likeness (QED) is 0.187. The summed E-state index contributed by atoms with van der Waals surface area (Å²) in [7, 11) is 0. The van der Waals surface area contributed by atoms with Crippen LogP contribution in [-0.2, 0) is 0 Å². The van der Waals surface area contributed by atoms with Gasteiger partial charge in [-0.15, -0.1) is 11.3 Å². The van der Waals surface area contributed by atoms with Crippen molar-refractivity contribution in [3.63, 3.8) is 0 Å². The highest BCUT2D eigenvalue weighted by atomic mass is 32.1. The molecule has 0 fully saturated rings. The van der Waals surface area contributed by atoms with Crippen LogP contribution in [0.1, 0.15) is 0 Å². The third-order valence-corrected chi connectivity index (χ3v) is 11.1. The van der Waals surface area contributed by atoms with E-state index in [1.807, 2.05) is 72.8 Å². The zero-order valence-corrected chi connectivity index (χ0v) is 27.9. The first-order chi connectivity index (χ1) is 25.3. The van der Waals surface area contributed by atoms with Crippen molar-refractivity contribution in [1.82, 2.24) is 19.5 Å². The van der Waals surface area contributed by atoms with Gasteiger partial charge in [0, 0.05) is 53.0 Å². The molecule has 0 unspecified atom stereocenters.